The van der Waals surface area contributed by atoms with Crippen LogP contribution in [0.1, 0.15) is 35.9 Å². The SMILES string of the molecule is Cc1ccc(C(C)(O)CC2CCCN(S(C)(=O)=O)C2)s1. The predicted octanol–water partition coefficient (Wildman–Crippen LogP) is 2.33. The van der Waals surface area contributed by atoms with Crippen molar-refractivity contribution in [3.63, 3.8) is 0 Å². The highest BCUT2D eigenvalue weighted by molar-refractivity contribution is 7.88. The van der Waals surface area contributed by atoms with E-state index in [-0.39, 0.29) is 5.92 Å². The molecule has 1 aromatic heterocycles. The molecule has 1 N–H and O–H groups in total. The van der Waals surface area contributed by atoms with Crippen molar-refractivity contribution < 1.29 is 13.5 Å². The summed E-state index contributed by atoms with van der Waals surface area (Å²) in [5.74, 6) is 0.218. The van der Waals surface area contributed by atoms with Crippen LogP contribution in [-0.4, -0.2) is 37.2 Å². The minimum atomic E-state index is -3.12. The number of sulfonamides is 1. The van der Waals surface area contributed by atoms with E-state index in [4.69, 9.17) is 0 Å². The maximum absolute atomic E-state index is 11.6. The highest BCUT2D eigenvalue weighted by Gasteiger charge is 2.33. The van der Waals surface area contributed by atoms with Crippen LogP contribution in [0.25, 0.3) is 0 Å². The van der Waals surface area contributed by atoms with Crippen molar-refractivity contribution in [2.45, 2.75) is 38.7 Å². The van der Waals surface area contributed by atoms with Gasteiger partial charge in [0, 0.05) is 22.8 Å². The molecule has 1 aromatic rings. The molecule has 1 fully saturated rings. The smallest absolute Gasteiger partial charge is 0.211 e. The Morgan fingerprint density at radius 3 is 2.75 bits per heavy atom. The summed E-state index contributed by atoms with van der Waals surface area (Å²) >= 11 is 1.61. The fourth-order valence-electron chi connectivity index (χ4n) is 2.88. The molecule has 114 valence electrons. The number of hydrogen-bond acceptors (Lipinski definition) is 4. The number of piperidine rings is 1. The summed E-state index contributed by atoms with van der Waals surface area (Å²) in [7, 11) is -3.12. The van der Waals surface area contributed by atoms with Gasteiger partial charge >= 0.3 is 0 Å². The lowest BCUT2D eigenvalue weighted by Crippen LogP contribution is -2.41. The van der Waals surface area contributed by atoms with Crippen molar-refractivity contribution in [1.82, 2.24) is 4.31 Å². The molecule has 4 nitrogen and oxygen atoms in total. The first-order chi connectivity index (χ1) is 9.18. The Morgan fingerprint density at radius 2 is 2.20 bits per heavy atom. The maximum atomic E-state index is 11.6. The lowest BCUT2D eigenvalue weighted by Gasteiger charge is -2.34. The highest BCUT2D eigenvalue weighted by atomic mass is 32.2. The Bertz CT molecular complexity index is 563. The fourth-order valence-corrected chi connectivity index (χ4v) is 4.75. The Hall–Kier alpha value is -0.430. The van der Waals surface area contributed by atoms with Gasteiger partial charge < -0.3 is 5.11 Å². The lowest BCUT2D eigenvalue weighted by molar-refractivity contribution is 0.0244. The van der Waals surface area contributed by atoms with Gasteiger partial charge in [0.1, 0.15) is 0 Å². The topological polar surface area (TPSA) is 57.6 Å². The molecule has 1 aliphatic heterocycles. The average Bonchev–Trinajstić information content (AvgIpc) is 2.75. The van der Waals surface area contributed by atoms with Gasteiger partial charge in [-0.05, 0) is 51.2 Å². The van der Waals surface area contributed by atoms with Crippen LogP contribution in [0, 0.1) is 12.8 Å². The van der Waals surface area contributed by atoms with E-state index in [1.807, 2.05) is 26.0 Å². The van der Waals surface area contributed by atoms with Gasteiger partial charge in [0.15, 0.2) is 0 Å². The average molecular weight is 317 g/mol. The molecule has 0 saturated carbocycles. The predicted molar refractivity (Wildman–Crippen MR) is 82.4 cm³/mol. The summed E-state index contributed by atoms with van der Waals surface area (Å²) < 4.78 is 24.8. The third-order valence-electron chi connectivity index (χ3n) is 3.91. The molecule has 0 spiro atoms. The summed E-state index contributed by atoms with van der Waals surface area (Å²) in [6, 6.07) is 3.98. The van der Waals surface area contributed by atoms with Gasteiger partial charge in [0.2, 0.25) is 10.0 Å². The van der Waals surface area contributed by atoms with E-state index in [1.54, 1.807) is 11.3 Å². The van der Waals surface area contributed by atoms with Gasteiger partial charge in [-0.2, -0.15) is 0 Å². The zero-order valence-electron chi connectivity index (χ0n) is 12.3. The van der Waals surface area contributed by atoms with Crippen molar-refractivity contribution in [3.8, 4) is 0 Å². The summed E-state index contributed by atoms with van der Waals surface area (Å²) in [5.41, 5.74) is -0.871. The fraction of sp³-hybridized carbons (Fsp3) is 0.714. The van der Waals surface area contributed by atoms with Crippen LogP contribution >= 0.6 is 11.3 Å². The standard InChI is InChI=1S/C14H23NO3S2/c1-11-6-7-13(19-11)14(2,16)9-12-5-4-8-15(10-12)20(3,17)18/h6-7,12,16H,4-5,8-10H2,1-3H3. The minimum absolute atomic E-state index is 0.218. The number of thiophene rings is 1. The van der Waals surface area contributed by atoms with Crippen LogP contribution in [0.4, 0.5) is 0 Å². The summed E-state index contributed by atoms with van der Waals surface area (Å²) in [6.45, 7) is 4.99. The monoisotopic (exact) mass is 317 g/mol. The number of hydrogen-bond donors (Lipinski definition) is 1. The summed E-state index contributed by atoms with van der Waals surface area (Å²) in [5, 5.41) is 10.7. The number of aryl methyl sites for hydroxylation is 1. The maximum Gasteiger partial charge on any atom is 0.211 e. The third-order valence-corrected chi connectivity index (χ3v) is 6.43. The first kappa shape index (κ1) is 15.9. The van der Waals surface area contributed by atoms with Crippen LogP contribution in [0.5, 0.6) is 0 Å². The molecule has 2 rings (SSSR count). The lowest BCUT2D eigenvalue weighted by atomic mass is 9.86. The third kappa shape index (κ3) is 3.81. The highest BCUT2D eigenvalue weighted by Crippen LogP contribution is 2.36. The van der Waals surface area contributed by atoms with Gasteiger partial charge in [-0.25, -0.2) is 12.7 Å². The Labute approximate surface area is 125 Å². The largest absolute Gasteiger partial charge is 0.385 e. The number of nitrogens with zero attached hydrogens (tertiary/aromatic N) is 1. The van der Waals surface area contributed by atoms with Gasteiger partial charge in [0.05, 0.1) is 11.9 Å². The quantitative estimate of drug-likeness (QED) is 0.927. The summed E-state index contributed by atoms with van der Waals surface area (Å²) in [4.78, 5) is 2.15. The second-order valence-electron chi connectivity index (χ2n) is 6.02. The molecule has 2 unspecified atom stereocenters. The number of rotatable bonds is 4. The van der Waals surface area contributed by atoms with Gasteiger partial charge in [-0.15, -0.1) is 11.3 Å². The van der Waals surface area contributed by atoms with Gasteiger partial charge in [0.25, 0.3) is 0 Å². The van der Waals surface area contributed by atoms with Crippen LogP contribution in [0.15, 0.2) is 12.1 Å². The molecular weight excluding hydrogens is 294 g/mol. The molecule has 6 heteroatoms. The second-order valence-corrected chi connectivity index (χ2v) is 9.29. The molecule has 2 atom stereocenters. The van der Waals surface area contributed by atoms with Crippen molar-refractivity contribution >= 4 is 21.4 Å². The molecular formula is C14H23NO3S2. The van der Waals surface area contributed by atoms with E-state index in [1.165, 1.54) is 15.4 Å². The van der Waals surface area contributed by atoms with E-state index in [0.29, 0.717) is 19.5 Å². The van der Waals surface area contributed by atoms with Gasteiger partial charge in [-0.1, -0.05) is 0 Å². The van der Waals surface area contributed by atoms with E-state index >= 15 is 0 Å². The van der Waals surface area contributed by atoms with E-state index in [2.05, 4.69) is 0 Å². The zero-order chi connectivity index (χ0) is 15.0. The molecule has 0 aromatic carbocycles. The van der Waals surface area contributed by atoms with E-state index in [0.717, 1.165) is 17.7 Å². The van der Waals surface area contributed by atoms with Gasteiger partial charge in [-0.3, -0.25) is 0 Å². The van der Waals surface area contributed by atoms with Crippen molar-refractivity contribution in [2.75, 3.05) is 19.3 Å². The molecule has 0 aliphatic carbocycles. The minimum Gasteiger partial charge on any atom is -0.385 e. The Morgan fingerprint density at radius 1 is 1.50 bits per heavy atom. The molecule has 0 radical (unpaired) electrons. The molecule has 2 heterocycles. The Kier molecular flexibility index (Phi) is 4.59. The normalized spacial score (nSPS) is 24.5. The number of aliphatic hydroxyl groups is 1. The van der Waals surface area contributed by atoms with E-state index in [9.17, 15) is 13.5 Å². The van der Waals surface area contributed by atoms with Crippen LogP contribution < -0.4 is 0 Å². The van der Waals surface area contributed by atoms with Crippen LogP contribution in [0.2, 0.25) is 0 Å². The molecule has 0 bridgehead atoms. The summed E-state index contributed by atoms with van der Waals surface area (Å²) in [6.07, 6.45) is 3.72. The first-order valence-corrected chi connectivity index (χ1v) is 9.59. The molecule has 0 amide bonds. The van der Waals surface area contributed by atoms with E-state index < -0.39 is 15.6 Å². The molecule has 20 heavy (non-hydrogen) atoms. The van der Waals surface area contributed by atoms with Crippen LogP contribution in [0.3, 0.4) is 0 Å². The zero-order valence-corrected chi connectivity index (χ0v) is 13.9. The van der Waals surface area contributed by atoms with Crippen molar-refractivity contribution in [1.29, 1.82) is 0 Å². The Balaban J connectivity index is 2.05. The molecule has 1 aliphatic rings. The van der Waals surface area contributed by atoms with Crippen LogP contribution in [-0.2, 0) is 15.6 Å². The van der Waals surface area contributed by atoms with Crippen molar-refractivity contribution in [3.05, 3.63) is 21.9 Å². The second kappa shape index (κ2) is 5.75. The molecule has 1 saturated heterocycles. The van der Waals surface area contributed by atoms with Crippen molar-refractivity contribution in [2.24, 2.45) is 5.92 Å². The first-order valence-electron chi connectivity index (χ1n) is 6.93.